The van der Waals surface area contributed by atoms with Crippen LogP contribution in [-0.2, 0) is 6.42 Å². The van der Waals surface area contributed by atoms with Crippen LogP contribution in [0.4, 0.5) is 10.2 Å². The van der Waals surface area contributed by atoms with Gasteiger partial charge in [0.05, 0.1) is 24.1 Å². The number of hydrogen-bond donors (Lipinski definition) is 1. The van der Waals surface area contributed by atoms with E-state index in [0.29, 0.717) is 28.4 Å². The Kier molecular flexibility index (Phi) is 4.09. The fraction of sp³-hybridized carbons (Fsp3) is 0.125. The van der Waals surface area contributed by atoms with Crippen molar-refractivity contribution in [3.8, 4) is 17.1 Å². The molecular weight excluding hydrogens is 297 g/mol. The topological polar surface area (TPSA) is 86.8 Å². The van der Waals surface area contributed by atoms with E-state index in [-0.39, 0.29) is 18.1 Å². The summed E-state index contributed by atoms with van der Waals surface area (Å²) < 4.78 is 19.0. The van der Waals surface area contributed by atoms with Gasteiger partial charge >= 0.3 is 0 Å². The highest BCUT2D eigenvalue weighted by Gasteiger charge is 2.13. The molecule has 0 bridgehead atoms. The fourth-order valence-electron chi connectivity index (χ4n) is 2.19. The second-order valence-corrected chi connectivity index (χ2v) is 4.81. The molecule has 0 saturated heterocycles. The number of halogens is 1. The van der Waals surface area contributed by atoms with Crippen LogP contribution in [0.2, 0.25) is 0 Å². The number of aromatic nitrogens is 4. The molecule has 0 atom stereocenters. The molecular formula is C16H14FN5O. The maximum Gasteiger partial charge on any atom is 0.222 e. The minimum Gasteiger partial charge on any atom is -0.481 e. The first-order valence-corrected chi connectivity index (χ1v) is 6.90. The molecule has 0 aliphatic rings. The molecule has 0 saturated carbocycles. The number of anilines is 1. The maximum atomic E-state index is 13.8. The lowest BCUT2D eigenvalue weighted by molar-refractivity contribution is 0.399. The molecule has 0 unspecified atom stereocenters. The third-order valence-electron chi connectivity index (χ3n) is 3.34. The van der Waals surface area contributed by atoms with Crippen LogP contribution in [-0.4, -0.2) is 27.3 Å². The predicted octanol–water partition coefficient (Wildman–Crippen LogP) is 2.25. The third-order valence-corrected chi connectivity index (χ3v) is 3.34. The van der Waals surface area contributed by atoms with E-state index in [0.717, 1.165) is 0 Å². The highest BCUT2D eigenvalue weighted by molar-refractivity contribution is 5.66. The van der Waals surface area contributed by atoms with E-state index in [1.807, 2.05) is 6.07 Å². The fourth-order valence-corrected chi connectivity index (χ4v) is 2.19. The molecule has 0 aromatic carbocycles. The molecule has 116 valence electrons. The number of nitrogens with zero attached hydrogens (tertiary/aromatic N) is 4. The van der Waals surface area contributed by atoms with E-state index < -0.39 is 0 Å². The monoisotopic (exact) mass is 311 g/mol. The lowest BCUT2D eigenvalue weighted by atomic mass is 10.1. The Morgan fingerprint density at radius 3 is 2.70 bits per heavy atom. The Bertz CT molecular complexity index is 840. The zero-order chi connectivity index (χ0) is 16.2. The number of nitrogen functional groups attached to an aromatic ring is 1. The van der Waals surface area contributed by atoms with Crippen LogP contribution < -0.4 is 10.5 Å². The zero-order valence-electron chi connectivity index (χ0n) is 12.4. The highest BCUT2D eigenvalue weighted by atomic mass is 19.1. The van der Waals surface area contributed by atoms with Crippen LogP contribution >= 0.6 is 0 Å². The smallest absolute Gasteiger partial charge is 0.222 e. The molecule has 2 N–H and O–H groups in total. The van der Waals surface area contributed by atoms with Crippen molar-refractivity contribution in [3.05, 3.63) is 59.8 Å². The van der Waals surface area contributed by atoms with Gasteiger partial charge in [0, 0.05) is 24.4 Å². The number of pyridine rings is 2. The average Bonchev–Trinajstić information content (AvgIpc) is 2.59. The standard InChI is InChI=1S/C16H14FN5O/c1-23-16-11(4-2-7-20-16)13-8-10(15(18)22-21-13)9-14-12(17)5-3-6-19-14/h2-8H,9H2,1H3,(H2,18,22). The molecule has 3 heterocycles. The van der Waals surface area contributed by atoms with Crippen LogP contribution in [0.25, 0.3) is 11.3 Å². The molecule has 0 amide bonds. The van der Waals surface area contributed by atoms with Crippen molar-refractivity contribution in [2.75, 3.05) is 12.8 Å². The largest absolute Gasteiger partial charge is 0.481 e. The molecule has 0 aliphatic carbocycles. The predicted molar refractivity (Wildman–Crippen MR) is 83.2 cm³/mol. The van der Waals surface area contributed by atoms with Crippen LogP contribution in [0.1, 0.15) is 11.3 Å². The number of nitrogens with two attached hydrogens (primary N) is 1. The van der Waals surface area contributed by atoms with Crippen LogP contribution in [0, 0.1) is 5.82 Å². The van der Waals surface area contributed by atoms with Gasteiger partial charge in [-0.25, -0.2) is 9.37 Å². The maximum absolute atomic E-state index is 13.8. The summed E-state index contributed by atoms with van der Waals surface area (Å²) in [6.07, 6.45) is 3.38. The Hall–Kier alpha value is -3.09. The summed E-state index contributed by atoms with van der Waals surface area (Å²) in [6, 6.07) is 8.23. The van der Waals surface area contributed by atoms with Crippen molar-refractivity contribution >= 4 is 5.82 Å². The molecule has 3 aromatic heterocycles. The number of rotatable bonds is 4. The molecule has 0 fully saturated rings. The SMILES string of the molecule is COc1ncccc1-c1cc(Cc2ncccc2F)c(N)nn1. The first-order chi connectivity index (χ1) is 11.2. The zero-order valence-corrected chi connectivity index (χ0v) is 12.4. The van der Waals surface area contributed by atoms with Gasteiger partial charge < -0.3 is 10.5 Å². The summed E-state index contributed by atoms with van der Waals surface area (Å²) in [6.45, 7) is 0. The van der Waals surface area contributed by atoms with Gasteiger partial charge in [-0.3, -0.25) is 4.98 Å². The molecule has 6 nitrogen and oxygen atoms in total. The normalized spacial score (nSPS) is 10.5. The second-order valence-electron chi connectivity index (χ2n) is 4.81. The van der Waals surface area contributed by atoms with Gasteiger partial charge in [0.15, 0.2) is 0 Å². The lowest BCUT2D eigenvalue weighted by Gasteiger charge is -2.09. The Balaban J connectivity index is 2.01. The molecule has 0 spiro atoms. The van der Waals surface area contributed by atoms with Crippen LogP contribution in [0.3, 0.4) is 0 Å². The van der Waals surface area contributed by atoms with E-state index in [9.17, 15) is 4.39 Å². The van der Waals surface area contributed by atoms with E-state index in [2.05, 4.69) is 20.2 Å². The number of ether oxygens (including phenoxy) is 1. The van der Waals surface area contributed by atoms with Crippen molar-refractivity contribution in [1.29, 1.82) is 0 Å². The quantitative estimate of drug-likeness (QED) is 0.795. The van der Waals surface area contributed by atoms with Gasteiger partial charge in [0.2, 0.25) is 5.88 Å². The summed E-state index contributed by atoms with van der Waals surface area (Å²) >= 11 is 0. The number of hydrogen-bond acceptors (Lipinski definition) is 6. The van der Waals surface area contributed by atoms with Gasteiger partial charge in [0.25, 0.3) is 0 Å². The Morgan fingerprint density at radius 1 is 1.13 bits per heavy atom. The van der Waals surface area contributed by atoms with Gasteiger partial charge in [0.1, 0.15) is 11.6 Å². The lowest BCUT2D eigenvalue weighted by Crippen LogP contribution is -2.05. The van der Waals surface area contributed by atoms with Crippen molar-refractivity contribution in [1.82, 2.24) is 20.2 Å². The summed E-state index contributed by atoms with van der Waals surface area (Å²) in [4.78, 5) is 8.17. The average molecular weight is 311 g/mol. The van der Waals surface area contributed by atoms with Crippen LogP contribution in [0.5, 0.6) is 5.88 Å². The van der Waals surface area contributed by atoms with Gasteiger partial charge in [-0.05, 0) is 30.3 Å². The molecule has 23 heavy (non-hydrogen) atoms. The summed E-state index contributed by atoms with van der Waals surface area (Å²) in [5.41, 5.74) is 8.04. The van der Waals surface area contributed by atoms with Crippen molar-refractivity contribution in [2.24, 2.45) is 0 Å². The minimum absolute atomic E-state index is 0.226. The summed E-state index contributed by atoms with van der Waals surface area (Å²) in [7, 11) is 1.53. The van der Waals surface area contributed by atoms with Crippen molar-refractivity contribution in [3.63, 3.8) is 0 Å². The molecule has 3 aromatic rings. The van der Waals surface area contributed by atoms with E-state index in [1.54, 1.807) is 24.4 Å². The molecule has 3 rings (SSSR count). The third kappa shape index (κ3) is 3.08. The number of methoxy groups -OCH3 is 1. The van der Waals surface area contributed by atoms with E-state index in [1.165, 1.54) is 19.4 Å². The minimum atomic E-state index is -0.385. The molecule has 0 aliphatic heterocycles. The van der Waals surface area contributed by atoms with Crippen molar-refractivity contribution < 1.29 is 9.13 Å². The summed E-state index contributed by atoms with van der Waals surface area (Å²) in [5, 5.41) is 8.02. The first kappa shape index (κ1) is 14.8. The van der Waals surface area contributed by atoms with Gasteiger partial charge in [-0.2, -0.15) is 0 Å². The molecule has 7 heteroatoms. The van der Waals surface area contributed by atoms with Gasteiger partial charge in [-0.15, -0.1) is 10.2 Å². The summed E-state index contributed by atoms with van der Waals surface area (Å²) in [5.74, 6) is 0.285. The van der Waals surface area contributed by atoms with E-state index in [4.69, 9.17) is 10.5 Å². The van der Waals surface area contributed by atoms with Crippen LogP contribution in [0.15, 0.2) is 42.7 Å². The van der Waals surface area contributed by atoms with E-state index >= 15 is 0 Å². The van der Waals surface area contributed by atoms with Crippen molar-refractivity contribution in [2.45, 2.75) is 6.42 Å². The Morgan fingerprint density at radius 2 is 1.91 bits per heavy atom. The highest BCUT2D eigenvalue weighted by Crippen LogP contribution is 2.27. The van der Waals surface area contributed by atoms with Gasteiger partial charge in [-0.1, -0.05) is 0 Å². The second kappa shape index (κ2) is 6.35. The Labute approximate surface area is 132 Å². The molecule has 0 radical (unpaired) electrons. The first-order valence-electron chi connectivity index (χ1n) is 6.90.